The number of alkyl halides is 1. The zero-order valence-corrected chi connectivity index (χ0v) is 28.0. The van der Waals surface area contributed by atoms with E-state index in [4.69, 9.17) is 20.5 Å². The third-order valence-electron chi connectivity index (χ3n) is 7.10. The summed E-state index contributed by atoms with van der Waals surface area (Å²) in [6, 6.07) is 0. The van der Waals surface area contributed by atoms with E-state index in [2.05, 4.69) is 105 Å². The molecule has 2 nitrogen and oxygen atoms in total. The molecule has 0 bridgehead atoms. The smallest absolute Gasteiger partial charge is 0.193 e. The van der Waals surface area contributed by atoms with E-state index in [0.717, 1.165) is 25.7 Å². The van der Waals surface area contributed by atoms with Crippen molar-refractivity contribution in [3.05, 3.63) is 12.7 Å². The van der Waals surface area contributed by atoms with Crippen LogP contribution in [0, 0.1) is 11.5 Å². The first-order chi connectivity index (χ1) is 14.6. The molecule has 194 valence electrons. The molecule has 0 saturated heterocycles. The van der Waals surface area contributed by atoms with E-state index in [9.17, 15) is 0 Å². The minimum absolute atomic E-state index is 0.0968. The molecule has 0 rings (SSSR count). The number of allylic oxidation sites excluding steroid dienone is 1. The fraction of sp³-hybridized carbons (Fsp3) is 0.852. The maximum Gasteiger partial charge on any atom is 0.193 e. The van der Waals surface area contributed by atoms with Gasteiger partial charge in [0, 0.05) is 0 Å². The van der Waals surface area contributed by atoms with Gasteiger partial charge >= 0.3 is 0 Å². The molecule has 0 amide bonds. The van der Waals surface area contributed by atoms with Crippen molar-refractivity contribution in [2.45, 2.75) is 147 Å². The van der Waals surface area contributed by atoms with Crippen LogP contribution < -0.4 is 0 Å². The van der Waals surface area contributed by atoms with E-state index in [-0.39, 0.29) is 27.7 Å². The maximum absolute atomic E-state index is 7.16. The van der Waals surface area contributed by atoms with Crippen molar-refractivity contribution in [3.63, 3.8) is 0 Å². The molecule has 0 heterocycles. The van der Waals surface area contributed by atoms with Crippen LogP contribution in [0.15, 0.2) is 12.7 Å². The zero-order valence-electron chi connectivity index (χ0n) is 24.2. The molecule has 0 aromatic heterocycles. The van der Waals surface area contributed by atoms with Gasteiger partial charge in [0.25, 0.3) is 0 Å². The van der Waals surface area contributed by atoms with Crippen LogP contribution in [0.2, 0.25) is 55.9 Å². The highest BCUT2D eigenvalue weighted by molar-refractivity contribution is 6.83. The standard InChI is InChI=1S/C27H55ClO2Si3/c1-15-16-17-18-19-20-23(28)25(30-33(13,14)27(5,6)7)24(21-22-31(8,9)10)29-32(11,12)26(2,3)4/h15,23-25H,1,16-20H2,2-14H3/t23-,24+,25-/m0/s1. The van der Waals surface area contributed by atoms with Crippen molar-refractivity contribution in [1.29, 1.82) is 0 Å². The van der Waals surface area contributed by atoms with Gasteiger partial charge in [-0.1, -0.05) is 86.0 Å². The minimum atomic E-state index is -2.07. The third-order valence-corrected chi connectivity index (χ3v) is 17.4. The van der Waals surface area contributed by atoms with Crippen LogP contribution >= 0.6 is 11.6 Å². The highest BCUT2D eigenvalue weighted by Gasteiger charge is 2.46. The summed E-state index contributed by atoms with van der Waals surface area (Å²) >= 11 is 7.16. The Kier molecular flexibility index (Phi) is 13.0. The van der Waals surface area contributed by atoms with Crippen LogP contribution in [0.1, 0.15) is 73.6 Å². The molecule has 0 aliphatic heterocycles. The highest BCUT2D eigenvalue weighted by Crippen LogP contribution is 2.41. The van der Waals surface area contributed by atoms with Crippen molar-refractivity contribution >= 4 is 36.3 Å². The lowest BCUT2D eigenvalue weighted by molar-refractivity contribution is 0.0638. The van der Waals surface area contributed by atoms with Gasteiger partial charge in [-0.25, -0.2) is 0 Å². The largest absolute Gasteiger partial charge is 0.409 e. The van der Waals surface area contributed by atoms with Crippen LogP contribution in [0.3, 0.4) is 0 Å². The Morgan fingerprint density at radius 2 is 1.30 bits per heavy atom. The summed E-state index contributed by atoms with van der Waals surface area (Å²) in [6.07, 6.45) is 6.90. The molecule has 0 aliphatic carbocycles. The van der Waals surface area contributed by atoms with E-state index in [1.165, 1.54) is 6.42 Å². The first-order valence-electron chi connectivity index (χ1n) is 12.8. The molecule has 3 atom stereocenters. The molecule has 0 spiro atoms. The molecule has 0 N–H and O–H groups in total. The quantitative estimate of drug-likeness (QED) is 0.0821. The van der Waals surface area contributed by atoms with Gasteiger partial charge in [-0.15, -0.1) is 23.7 Å². The number of unbranched alkanes of at least 4 members (excludes halogenated alkanes) is 3. The first-order valence-corrected chi connectivity index (χ1v) is 22.5. The number of hydrogen-bond donors (Lipinski definition) is 0. The predicted molar refractivity (Wildman–Crippen MR) is 158 cm³/mol. The second-order valence-electron chi connectivity index (χ2n) is 13.6. The van der Waals surface area contributed by atoms with Crippen LogP contribution in [-0.2, 0) is 8.85 Å². The number of hydrogen-bond acceptors (Lipinski definition) is 2. The molecule has 0 fully saturated rings. The van der Waals surface area contributed by atoms with Gasteiger partial charge in [0.2, 0.25) is 0 Å². The number of rotatable bonds is 12. The van der Waals surface area contributed by atoms with E-state index in [1.807, 2.05) is 6.08 Å². The summed E-state index contributed by atoms with van der Waals surface area (Å²) in [7, 11) is -5.71. The Balaban J connectivity index is 6.19. The first kappa shape index (κ1) is 33.2. The molecule has 0 aromatic carbocycles. The van der Waals surface area contributed by atoms with Crippen molar-refractivity contribution in [2.24, 2.45) is 0 Å². The molecule has 0 aromatic rings. The molecule has 6 heteroatoms. The average molecular weight is 531 g/mol. The lowest BCUT2D eigenvalue weighted by Gasteiger charge is -2.45. The SMILES string of the molecule is C=CCCCCC[C@H](Cl)[C@H](O[Si](C)(C)C(C)(C)C)[C@@H](C#C[Si](C)(C)C)O[Si](C)(C)C(C)(C)C. The van der Waals surface area contributed by atoms with E-state index < -0.39 is 24.7 Å². The molecule has 0 saturated carbocycles. The van der Waals surface area contributed by atoms with Gasteiger partial charge in [-0.2, -0.15) is 0 Å². The average Bonchev–Trinajstić information content (AvgIpc) is 2.60. The fourth-order valence-corrected chi connectivity index (χ4v) is 6.27. The summed E-state index contributed by atoms with van der Waals surface area (Å²) in [6.45, 7) is 33.6. The van der Waals surface area contributed by atoms with Crippen LogP contribution in [0.4, 0.5) is 0 Å². The lowest BCUT2D eigenvalue weighted by Crippen LogP contribution is -2.54. The predicted octanol–water partition coefficient (Wildman–Crippen LogP) is 9.39. The molecule has 0 aliphatic rings. The lowest BCUT2D eigenvalue weighted by atomic mass is 10.0. The van der Waals surface area contributed by atoms with E-state index in [1.54, 1.807) is 0 Å². The van der Waals surface area contributed by atoms with Gasteiger partial charge in [-0.05, 0) is 55.5 Å². The van der Waals surface area contributed by atoms with Gasteiger partial charge in [0.1, 0.15) is 14.2 Å². The van der Waals surface area contributed by atoms with E-state index >= 15 is 0 Å². The Hall–Kier alpha value is 0.161. The highest BCUT2D eigenvalue weighted by atomic mass is 35.5. The van der Waals surface area contributed by atoms with Crippen LogP contribution in [0.5, 0.6) is 0 Å². The van der Waals surface area contributed by atoms with Gasteiger partial charge in [0.15, 0.2) is 16.6 Å². The molecule has 0 unspecified atom stereocenters. The molecule has 33 heavy (non-hydrogen) atoms. The second kappa shape index (κ2) is 12.9. The fourth-order valence-electron chi connectivity index (χ4n) is 2.77. The molecule has 0 radical (unpaired) electrons. The van der Waals surface area contributed by atoms with Gasteiger partial charge in [0.05, 0.1) is 11.5 Å². The molecular formula is C27H55ClO2Si3. The Morgan fingerprint density at radius 1 is 0.818 bits per heavy atom. The van der Waals surface area contributed by atoms with Crippen molar-refractivity contribution in [2.75, 3.05) is 0 Å². The van der Waals surface area contributed by atoms with Crippen molar-refractivity contribution < 1.29 is 8.85 Å². The summed E-state index contributed by atoms with van der Waals surface area (Å²) in [5, 5.41) is 0.0770. The van der Waals surface area contributed by atoms with Gasteiger partial charge < -0.3 is 8.85 Å². The molecular weight excluding hydrogens is 476 g/mol. The Bertz CT molecular complexity index is 658. The number of halogens is 1. The van der Waals surface area contributed by atoms with E-state index in [0.29, 0.717) is 0 Å². The summed E-state index contributed by atoms with van der Waals surface area (Å²) in [5.74, 6) is 3.58. The topological polar surface area (TPSA) is 18.5 Å². The Labute approximate surface area is 215 Å². The zero-order chi connectivity index (χ0) is 26.3. The summed E-state index contributed by atoms with van der Waals surface area (Å²) in [5.41, 5.74) is 3.59. The summed E-state index contributed by atoms with van der Waals surface area (Å²) in [4.78, 5) is 0. The maximum atomic E-state index is 7.16. The van der Waals surface area contributed by atoms with Crippen molar-refractivity contribution in [3.8, 4) is 11.5 Å². The summed E-state index contributed by atoms with van der Waals surface area (Å²) < 4.78 is 14.0. The third kappa shape index (κ3) is 12.1. The Morgan fingerprint density at radius 3 is 1.73 bits per heavy atom. The monoisotopic (exact) mass is 530 g/mol. The second-order valence-corrected chi connectivity index (χ2v) is 28.4. The minimum Gasteiger partial charge on any atom is -0.409 e. The normalized spacial score (nSPS) is 16.5. The van der Waals surface area contributed by atoms with Crippen LogP contribution in [0.25, 0.3) is 0 Å². The van der Waals surface area contributed by atoms with Gasteiger partial charge in [-0.3, -0.25) is 0 Å². The van der Waals surface area contributed by atoms with Crippen molar-refractivity contribution in [1.82, 2.24) is 0 Å². The van der Waals surface area contributed by atoms with Crippen LogP contribution in [-0.4, -0.2) is 42.3 Å².